The number of amides is 1. The summed E-state index contributed by atoms with van der Waals surface area (Å²) in [5.74, 6) is 1.15. The molecule has 1 heterocycles. The number of halogens is 1. The average molecular weight is 386 g/mol. The Morgan fingerprint density at radius 2 is 2.19 bits per heavy atom. The van der Waals surface area contributed by atoms with Crippen LogP contribution in [0.1, 0.15) is 19.4 Å². The van der Waals surface area contributed by atoms with E-state index in [9.17, 15) is 4.79 Å². The maximum Gasteiger partial charge on any atom is 0.266 e. The van der Waals surface area contributed by atoms with E-state index in [1.54, 1.807) is 12.0 Å². The number of thioether (sulfide) groups is 1. The molecule has 0 unspecified atom stereocenters. The van der Waals surface area contributed by atoms with Crippen molar-refractivity contribution in [1.29, 1.82) is 0 Å². The lowest BCUT2D eigenvalue weighted by atomic mass is 10.2. The van der Waals surface area contributed by atoms with Crippen molar-refractivity contribution in [3.63, 3.8) is 0 Å². The quantitative estimate of drug-likeness (QED) is 0.570. The summed E-state index contributed by atoms with van der Waals surface area (Å²) in [5.41, 5.74) is 0.938. The van der Waals surface area contributed by atoms with Crippen LogP contribution < -0.4 is 4.74 Å². The molecule has 0 radical (unpaired) electrons. The van der Waals surface area contributed by atoms with E-state index in [1.807, 2.05) is 24.3 Å². The summed E-state index contributed by atoms with van der Waals surface area (Å²) in [5, 5.41) is 0. The first-order chi connectivity index (χ1) is 9.92. The van der Waals surface area contributed by atoms with Gasteiger partial charge in [0.2, 0.25) is 0 Å². The Morgan fingerprint density at radius 3 is 2.76 bits per heavy atom. The second kappa shape index (κ2) is 6.94. The fraction of sp³-hybridized carbons (Fsp3) is 0.333. The summed E-state index contributed by atoms with van der Waals surface area (Å²) in [6.45, 7) is 4.81. The van der Waals surface area contributed by atoms with E-state index in [0.29, 0.717) is 21.7 Å². The Labute approximate surface area is 142 Å². The molecule has 1 amide bonds. The second-order valence-electron chi connectivity index (χ2n) is 5.08. The number of benzene rings is 1. The van der Waals surface area contributed by atoms with Gasteiger partial charge in [0.1, 0.15) is 10.1 Å². The van der Waals surface area contributed by atoms with Gasteiger partial charge in [-0.25, -0.2) is 0 Å². The van der Waals surface area contributed by atoms with Gasteiger partial charge in [-0.2, -0.15) is 0 Å². The van der Waals surface area contributed by atoms with Crippen LogP contribution in [-0.4, -0.2) is 28.8 Å². The number of nitrogens with zero attached hydrogens (tertiary/aromatic N) is 1. The van der Waals surface area contributed by atoms with Gasteiger partial charge in [-0.3, -0.25) is 9.69 Å². The van der Waals surface area contributed by atoms with Crippen LogP contribution in [-0.2, 0) is 4.79 Å². The first kappa shape index (κ1) is 16.5. The molecule has 6 heteroatoms. The monoisotopic (exact) mass is 385 g/mol. The Kier molecular flexibility index (Phi) is 5.46. The van der Waals surface area contributed by atoms with Crippen molar-refractivity contribution in [1.82, 2.24) is 4.90 Å². The van der Waals surface area contributed by atoms with Crippen LogP contribution in [0.25, 0.3) is 6.08 Å². The topological polar surface area (TPSA) is 29.5 Å². The van der Waals surface area contributed by atoms with E-state index < -0.39 is 0 Å². The molecule has 0 aliphatic carbocycles. The summed E-state index contributed by atoms with van der Waals surface area (Å²) >= 11 is 10.1. The minimum Gasteiger partial charge on any atom is -0.496 e. The highest BCUT2D eigenvalue weighted by Crippen LogP contribution is 2.34. The maximum absolute atomic E-state index is 12.4. The van der Waals surface area contributed by atoms with Gasteiger partial charge in [-0.1, -0.05) is 43.9 Å². The van der Waals surface area contributed by atoms with Crippen molar-refractivity contribution < 1.29 is 9.53 Å². The smallest absolute Gasteiger partial charge is 0.266 e. The van der Waals surface area contributed by atoms with Gasteiger partial charge in [-0.15, -0.1) is 0 Å². The molecule has 1 saturated heterocycles. The molecule has 1 aliphatic rings. The van der Waals surface area contributed by atoms with E-state index in [2.05, 4.69) is 29.8 Å². The Morgan fingerprint density at radius 1 is 1.48 bits per heavy atom. The third kappa shape index (κ3) is 3.87. The minimum absolute atomic E-state index is 0.00867. The van der Waals surface area contributed by atoms with Crippen molar-refractivity contribution in [2.24, 2.45) is 5.92 Å². The highest BCUT2D eigenvalue weighted by Gasteiger charge is 2.32. The number of ether oxygens (including phenoxy) is 1. The van der Waals surface area contributed by atoms with Crippen molar-refractivity contribution in [2.45, 2.75) is 13.8 Å². The summed E-state index contributed by atoms with van der Waals surface area (Å²) in [7, 11) is 1.62. The van der Waals surface area contributed by atoms with Crippen LogP contribution in [0.2, 0.25) is 0 Å². The highest BCUT2D eigenvalue weighted by atomic mass is 79.9. The Bertz CT molecular complexity index is 614. The van der Waals surface area contributed by atoms with Crippen LogP contribution in [0, 0.1) is 5.92 Å². The number of thiocarbonyl (C=S) groups is 1. The molecule has 0 atom stereocenters. The molecule has 1 aromatic rings. The zero-order valence-corrected chi connectivity index (χ0v) is 15.3. The Balaban J connectivity index is 2.24. The molecule has 3 nitrogen and oxygen atoms in total. The SMILES string of the molecule is COc1ccc(C=C2SC(=S)N(CC(C)C)C2=O)cc1Br. The first-order valence-electron chi connectivity index (χ1n) is 6.51. The molecule has 0 spiro atoms. The van der Waals surface area contributed by atoms with Gasteiger partial charge in [0.25, 0.3) is 5.91 Å². The van der Waals surface area contributed by atoms with E-state index in [1.165, 1.54) is 11.8 Å². The summed E-state index contributed by atoms with van der Waals surface area (Å²) in [4.78, 5) is 14.7. The van der Waals surface area contributed by atoms with Crippen LogP contribution in [0.15, 0.2) is 27.6 Å². The molecule has 0 saturated carbocycles. The third-order valence-electron chi connectivity index (χ3n) is 2.89. The van der Waals surface area contributed by atoms with Gasteiger partial charge >= 0.3 is 0 Å². The zero-order valence-electron chi connectivity index (χ0n) is 12.1. The van der Waals surface area contributed by atoms with Gasteiger partial charge in [0.05, 0.1) is 16.5 Å². The van der Waals surface area contributed by atoms with E-state index in [4.69, 9.17) is 17.0 Å². The number of carbonyl (C=O) groups is 1. The number of carbonyl (C=O) groups excluding carboxylic acids is 1. The summed E-state index contributed by atoms with van der Waals surface area (Å²) < 4.78 is 6.69. The normalized spacial score (nSPS) is 17.2. The minimum atomic E-state index is -0.00867. The Hall–Kier alpha value is -0.850. The molecule has 0 bridgehead atoms. The van der Waals surface area contributed by atoms with E-state index >= 15 is 0 Å². The van der Waals surface area contributed by atoms with Crippen molar-refractivity contribution >= 4 is 56.2 Å². The fourth-order valence-corrected chi connectivity index (χ4v) is 3.78. The number of hydrogen-bond acceptors (Lipinski definition) is 4. The molecule has 2 rings (SSSR count). The number of methoxy groups -OCH3 is 1. The van der Waals surface area contributed by atoms with E-state index in [-0.39, 0.29) is 5.91 Å². The molecular weight excluding hydrogens is 370 g/mol. The molecule has 1 fully saturated rings. The maximum atomic E-state index is 12.4. The number of rotatable bonds is 4. The van der Waals surface area contributed by atoms with Gasteiger partial charge in [0, 0.05) is 6.54 Å². The van der Waals surface area contributed by atoms with Crippen LogP contribution in [0.5, 0.6) is 5.75 Å². The molecule has 112 valence electrons. The molecule has 0 aromatic heterocycles. The first-order valence-corrected chi connectivity index (χ1v) is 8.53. The second-order valence-corrected chi connectivity index (χ2v) is 7.61. The van der Waals surface area contributed by atoms with Crippen LogP contribution in [0.3, 0.4) is 0 Å². The van der Waals surface area contributed by atoms with Gasteiger partial charge in [-0.05, 0) is 45.6 Å². The van der Waals surface area contributed by atoms with Crippen molar-refractivity contribution in [3.05, 3.63) is 33.1 Å². The lowest BCUT2D eigenvalue weighted by molar-refractivity contribution is -0.122. The lowest BCUT2D eigenvalue weighted by Crippen LogP contribution is -2.31. The number of hydrogen-bond donors (Lipinski definition) is 0. The van der Waals surface area contributed by atoms with Crippen molar-refractivity contribution in [2.75, 3.05) is 13.7 Å². The molecule has 21 heavy (non-hydrogen) atoms. The van der Waals surface area contributed by atoms with Gasteiger partial charge < -0.3 is 4.74 Å². The van der Waals surface area contributed by atoms with E-state index in [0.717, 1.165) is 15.8 Å². The molecular formula is C15H16BrNO2S2. The summed E-state index contributed by atoms with van der Waals surface area (Å²) in [6, 6.07) is 5.71. The van der Waals surface area contributed by atoms with Crippen LogP contribution >= 0.6 is 39.9 Å². The van der Waals surface area contributed by atoms with Crippen molar-refractivity contribution in [3.8, 4) is 5.75 Å². The summed E-state index contributed by atoms with van der Waals surface area (Å²) in [6.07, 6.45) is 1.86. The predicted molar refractivity (Wildman–Crippen MR) is 95.4 cm³/mol. The fourth-order valence-electron chi connectivity index (χ4n) is 1.95. The zero-order chi connectivity index (χ0) is 15.6. The third-order valence-corrected chi connectivity index (χ3v) is 4.89. The molecule has 1 aromatic carbocycles. The standard InChI is InChI=1S/C15H16BrNO2S2/c1-9(2)8-17-14(18)13(21-15(17)20)7-10-4-5-12(19-3)11(16)6-10/h4-7,9H,8H2,1-3H3. The average Bonchev–Trinajstić information content (AvgIpc) is 2.66. The highest BCUT2D eigenvalue weighted by molar-refractivity contribution is 9.10. The lowest BCUT2D eigenvalue weighted by Gasteiger charge is -2.16. The molecule has 0 N–H and O–H groups in total. The predicted octanol–water partition coefficient (Wildman–Crippen LogP) is 4.31. The molecule has 1 aliphatic heterocycles. The largest absolute Gasteiger partial charge is 0.496 e. The van der Waals surface area contributed by atoms with Gasteiger partial charge in [0.15, 0.2) is 0 Å². The van der Waals surface area contributed by atoms with Crippen LogP contribution in [0.4, 0.5) is 0 Å².